The minimum Gasteiger partial charge on any atom is -1.00 e. The van der Waals surface area contributed by atoms with Crippen molar-refractivity contribution in [3.05, 3.63) is 12.7 Å². The Labute approximate surface area is 206 Å². The normalized spacial score (nSPS) is 10.8. The number of rotatable bonds is 25. The van der Waals surface area contributed by atoms with Crippen molar-refractivity contribution in [3.8, 4) is 0 Å². The number of halogens is 1. The van der Waals surface area contributed by atoms with Crippen LogP contribution in [0.25, 0.3) is 0 Å². The molecule has 1 N–H and O–H groups in total. The number of carbonyl (C=O) groups is 1. The predicted molar refractivity (Wildman–Crippen MR) is 133 cm³/mol. The smallest absolute Gasteiger partial charge is 0.330 e. The molecule has 0 aromatic carbocycles. The van der Waals surface area contributed by atoms with Crippen LogP contribution < -0.4 is 17.3 Å². The first-order valence-electron chi connectivity index (χ1n) is 13.4. The molecule has 0 bridgehead atoms. The minimum atomic E-state index is -0.375. The Morgan fingerprint density at radius 1 is 0.656 bits per heavy atom. The summed E-state index contributed by atoms with van der Waals surface area (Å²) in [5.74, 6) is -0.375. The molecule has 0 heterocycles. The van der Waals surface area contributed by atoms with Gasteiger partial charge in [0.25, 0.3) is 0 Å². The number of hydrogen-bond acceptors (Lipinski definition) is 3. The number of hydrogen-bond donors (Lipinski definition) is 1. The van der Waals surface area contributed by atoms with Crippen molar-refractivity contribution in [1.82, 2.24) is 0 Å². The van der Waals surface area contributed by atoms with Crippen LogP contribution >= 0.6 is 0 Å². The molecule has 192 valence electrons. The highest BCUT2D eigenvalue weighted by atomic mass is 35.5. The monoisotopic (exact) mass is 475 g/mol. The van der Waals surface area contributed by atoms with Gasteiger partial charge in [0.1, 0.15) is 13.2 Å². The molecule has 0 aromatic heterocycles. The van der Waals surface area contributed by atoms with Crippen molar-refractivity contribution >= 4 is 5.97 Å². The topological polar surface area (TPSA) is 40.0 Å². The molecule has 0 saturated carbocycles. The number of esters is 1. The molecule has 0 atom stereocenters. The van der Waals surface area contributed by atoms with Gasteiger partial charge in [-0.15, -0.1) is 0 Å². The average Bonchev–Trinajstić information content (AvgIpc) is 2.78. The zero-order valence-electron chi connectivity index (χ0n) is 21.4. The molecule has 32 heavy (non-hydrogen) atoms. The lowest BCUT2D eigenvalue weighted by Gasteiger charge is -2.19. The van der Waals surface area contributed by atoms with E-state index in [-0.39, 0.29) is 18.4 Å². The van der Waals surface area contributed by atoms with Gasteiger partial charge in [0.2, 0.25) is 0 Å². The molecule has 0 rings (SSSR count). The van der Waals surface area contributed by atoms with Crippen LogP contribution in [0.15, 0.2) is 12.7 Å². The van der Waals surface area contributed by atoms with E-state index >= 15 is 0 Å². The van der Waals surface area contributed by atoms with Crippen LogP contribution in [0, 0.1) is 0 Å². The van der Waals surface area contributed by atoms with Gasteiger partial charge >= 0.3 is 5.97 Å². The summed E-state index contributed by atoms with van der Waals surface area (Å²) in [7, 11) is 0. The van der Waals surface area contributed by atoms with E-state index in [2.05, 4.69) is 20.4 Å². The molecule has 0 spiro atoms. The number of ether oxygens (including phenoxy) is 2. The molecule has 0 aromatic rings. The van der Waals surface area contributed by atoms with E-state index in [1.165, 1.54) is 122 Å². The number of nitrogens with one attached hydrogen (secondary N) is 1. The molecule has 0 saturated heterocycles. The Hall–Kier alpha value is -0.580. The molecular weight excluding hydrogens is 422 g/mol. The maximum atomic E-state index is 11.0. The van der Waals surface area contributed by atoms with Crippen LogP contribution in [-0.2, 0) is 14.3 Å². The lowest BCUT2D eigenvalue weighted by atomic mass is 10.1. The second kappa shape index (κ2) is 28.5. The Balaban J connectivity index is 0. The first-order chi connectivity index (χ1) is 15.2. The van der Waals surface area contributed by atoms with Crippen molar-refractivity contribution in [2.75, 3.05) is 39.5 Å². The van der Waals surface area contributed by atoms with Gasteiger partial charge in [-0.1, -0.05) is 97.5 Å². The fourth-order valence-corrected chi connectivity index (χ4v) is 3.97. The Bertz CT molecular complexity index is 373. The van der Waals surface area contributed by atoms with Gasteiger partial charge in [-0.05, 0) is 25.7 Å². The maximum absolute atomic E-state index is 11.0. The summed E-state index contributed by atoms with van der Waals surface area (Å²) in [6.07, 6.45) is 23.2. The average molecular weight is 476 g/mol. The zero-order valence-corrected chi connectivity index (χ0v) is 22.2. The van der Waals surface area contributed by atoms with E-state index in [9.17, 15) is 4.79 Å². The second-order valence-electron chi connectivity index (χ2n) is 8.93. The summed E-state index contributed by atoms with van der Waals surface area (Å²) in [6.45, 7) is 13.1. The van der Waals surface area contributed by atoms with Crippen molar-refractivity contribution in [1.29, 1.82) is 0 Å². The van der Waals surface area contributed by atoms with Crippen LogP contribution in [0.3, 0.4) is 0 Å². The lowest BCUT2D eigenvalue weighted by molar-refractivity contribution is -0.901. The van der Waals surface area contributed by atoms with Crippen LogP contribution in [0.2, 0.25) is 0 Å². The van der Waals surface area contributed by atoms with Crippen molar-refractivity contribution in [2.24, 2.45) is 0 Å². The highest BCUT2D eigenvalue weighted by molar-refractivity contribution is 5.81. The van der Waals surface area contributed by atoms with Crippen LogP contribution in [-0.4, -0.2) is 45.4 Å². The molecule has 0 amide bonds. The second-order valence-corrected chi connectivity index (χ2v) is 8.93. The molecule has 0 unspecified atom stereocenters. The van der Waals surface area contributed by atoms with Crippen molar-refractivity contribution in [2.45, 2.75) is 117 Å². The molecular formula is C27H54ClNO3. The van der Waals surface area contributed by atoms with Crippen LogP contribution in [0.5, 0.6) is 0 Å². The van der Waals surface area contributed by atoms with E-state index in [0.29, 0.717) is 13.2 Å². The number of carbonyl (C=O) groups excluding carboxylic acids is 1. The third-order valence-electron chi connectivity index (χ3n) is 6.01. The van der Waals surface area contributed by atoms with E-state index in [1.807, 2.05) is 0 Å². The van der Waals surface area contributed by atoms with Gasteiger partial charge < -0.3 is 26.8 Å². The standard InChI is InChI=1S/C27H53NO3.ClH/c1-4-7-9-11-13-15-17-19-21-28(22-20-18-16-14-12-10-8-5-2)23-24-30-25-26-31-27(29)6-3;/h6H,3-5,7-26H2,1-2H3;1H. The highest BCUT2D eigenvalue weighted by Gasteiger charge is 2.08. The van der Waals surface area contributed by atoms with Crippen molar-refractivity contribution < 1.29 is 31.6 Å². The van der Waals surface area contributed by atoms with Crippen molar-refractivity contribution in [3.63, 3.8) is 0 Å². The Morgan fingerprint density at radius 3 is 1.53 bits per heavy atom. The SMILES string of the molecule is C=CC(=O)OCCOCC[NH+](CCCCCCCCCC)CCCCCCCCCC.[Cl-]. The van der Waals surface area contributed by atoms with Gasteiger partial charge in [0, 0.05) is 6.08 Å². The summed E-state index contributed by atoms with van der Waals surface area (Å²) in [5, 5.41) is 0. The molecule has 0 aliphatic heterocycles. The first kappa shape index (κ1) is 33.6. The number of unbranched alkanes of at least 4 members (excludes halogenated alkanes) is 14. The summed E-state index contributed by atoms with van der Waals surface area (Å²) in [4.78, 5) is 12.7. The van der Waals surface area contributed by atoms with Gasteiger partial charge in [-0.2, -0.15) is 0 Å². The summed E-state index contributed by atoms with van der Waals surface area (Å²) in [5.41, 5.74) is 0. The van der Waals surface area contributed by atoms with Gasteiger partial charge in [-0.25, -0.2) is 4.79 Å². The van der Waals surface area contributed by atoms with E-state index in [4.69, 9.17) is 9.47 Å². The zero-order chi connectivity index (χ0) is 22.8. The predicted octanol–water partition coefficient (Wildman–Crippen LogP) is 2.90. The fourth-order valence-electron chi connectivity index (χ4n) is 3.97. The van der Waals surface area contributed by atoms with Gasteiger partial charge in [0.05, 0.1) is 26.3 Å². The van der Waals surface area contributed by atoms with E-state index < -0.39 is 0 Å². The molecule has 0 aliphatic rings. The molecule has 0 radical (unpaired) electrons. The van der Waals surface area contributed by atoms with Gasteiger partial charge in [0.15, 0.2) is 0 Å². The Kier molecular flexibility index (Phi) is 29.9. The molecule has 5 heteroatoms. The molecule has 0 fully saturated rings. The van der Waals surface area contributed by atoms with Crippen LogP contribution in [0.4, 0.5) is 0 Å². The van der Waals surface area contributed by atoms with E-state index in [0.717, 1.165) is 13.2 Å². The summed E-state index contributed by atoms with van der Waals surface area (Å²) in [6, 6.07) is 0. The lowest BCUT2D eigenvalue weighted by Crippen LogP contribution is -3.12. The largest absolute Gasteiger partial charge is 1.00 e. The Morgan fingerprint density at radius 2 is 1.09 bits per heavy atom. The van der Waals surface area contributed by atoms with Gasteiger partial charge in [-0.3, -0.25) is 0 Å². The summed E-state index contributed by atoms with van der Waals surface area (Å²) < 4.78 is 10.7. The summed E-state index contributed by atoms with van der Waals surface area (Å²) >= 11 is 0. The first-order valence-corrected chi connectivity index (χ1v) is 13.4. The fraction of sp³-hybridized carbons (Fsp3) is 0.889. The minimum absolute atomic E-state index is 0. The third-order valence-corrected chi connectivity index (χ3v) is 6.01. The van der Waals surface area contributed by atoms with E-state index in [1.54, 1.807) is 4.90 Å². The third kappa shape index (κ3) is 25.7. The quantitative estimate of drug-likeness (QED) is 0.125. The molecule has 0 aliphatic carbocycles. The maximum Gasteiger partial charge on any atom is 0.330 e. The highest BCUT2D eigenvalue weighted by Crippen LogP contribution is 2.08. The molecule has 4 nitrogen and oxygen atoms in total. The van der Waals surface area contributed by atoms with Crippen LogP contribution in [0.1, 0.15) is 117 Å². The number of quaternary nitrogens is 1.